The highest BCUT2D eigenvalue weighted by Crippen LogP contribution is 2.08. The van der Waals surface area contributed by atoms with Crippen LogP contribution in [0.5, 0.6) is 0 Å². The number of amides is 1. The van der Waals surface area contributed by atoms with Gasteiger partial charge in [0.25, 0.3) is 0 Å². The van der Waals surface area contributed by atoms with Crippen molar-refractivity contribution in [2.45, 2.75) is 13.1 Å². The zero-order chi connectivity index (χ0) is 16.8. The van der Waals surface area contributed by atoms with Gasteiger partial charge in [-0.3, -0.25) is 9.69 Å². The first-order valence-corrected chi connectivity index (χ1v) is 7.35. The van der Waals surface area contributed by atoms with Crippen LogP contribution in [0.1, 0.15) is 11.1 Å². The highest BCUT2D eigenvalue weighted by molar-refractivity contribution is 5.77. The highest BCUT2D eigenvalue weighted by atomic mass is 19.1. The zero-order valence-electron chi connectivity index (χ0n) is 13.3. The molecule has 2 rings (SSSR count). The number of benzene rings is 2. The number of carbonyl (C=O) groups is 1. The molecule has 0 spiro atoms. The maximum absolute atomic E-state index is 13.2. The van der Waals surface area contributed by atoms with Crippen LogP contribution in [0.3, 0.4) is 0 Å². The summed E-state index contributed by atoms with van der Waals surface area (Å²) in [5.74, 6) is -0.624. The molecule has 0 fully saturated rings. The zero-order valence-corrected chi connectivity index (χ0v) is 13.3. The summed E-state index contributed by atoms with van der Waals surface area (Å²) in [6.07, 6.45) is 0. The van der Waals surface area contributed by atoms with Crippen LogP contribution in [0.15, 0.2) is 48.5 Å². The largest absolute Gasteiger partial charge is 0.340 e. The predicted molar refractivity (Wildman–Crippen MR) is 85.6 cm³/mol. The van der Waals surface area contributed by atoms with Gasteiger partial charge in [0.05, 0.1) is 6.54 Å². The second-order valence-corrected chi connectivity index (χ2v) is 5.68. The molecule has 0 N–H and O–H groups in total. The van der Waals surface area contributed by atoms with E-state index < -0.39 is 0 Å². The molecule has 0 bridgehead atoms. The van der Waals surface area contributed by atoms with E-state index in [-0.39, 0.29) is 24.1 Å². The molecular weight excluding hydrogens is 298 g/mol. The molecule has 0 saturated carbocycles. The van der Waals surface area contributed by atoms with E-state index in [1.165, 1.54) is 24.3 Å². The third-order valence-electron chi connectivity index (χ3n) is 3.51. The third kappa shape index (κ3) is 5.45. The summed E-state index contributed by atoms with van der Waals surface area (Å²) in [7, 11) is 3.52. The van der Waals surface area contributed by atoms with Gasteiger partial charge < -0.3 is 4.90 Å². The molecule has 0 aliphatic heterocycles. The summed E-state index contributed by atoms with van der Waals surface area (Å²) in [5.41, 5.74) is 1.69. The fourth-order valence-electron chi connectivity index (χ4n) is 2.31. The van der Waals surface area contributed by atoms with Crippen molar-refractivity contribution in [3.63, 3.8) is 0 Å². The lowest BCUT2D eigenvalue weighted by Gasteiger charge is -2.22. The Bertz CT molecular complexity index is 658. The molecule has 0 saturated heterocycles. The standard InChI is InChI=1S/C18H20F2N2O/c1-21(11-15-4-3-5-17(20)10-15)13-18(23)22(2)12-14-6-8-16(19)9-7-14/h3-10H,11-13H2,1-2H3. The fourth-order valence-corrected chi connectivity index (χ4v) is 2.31. The quantitative estimate of drug-likeness (QED) is 0.817. The van der Waals surface area contributed by atoms with Crippen LogP contribution in [0, 0.1) is 11.6 Å². The van der Waals surface area contributed by atoms with E-state index in [2.05, 4.69) is 0 Å². The molecule has 0 aliphatic rings. The van der Waals surface area contributed by atoms with Crippen molar-refractivity contribution in [1.82, 2.24) is 9.80 Å². The SMILES string of the molecule is CN(CC(=O)N(C)Cc1ccc(F)cc1)Cc1cccc(F)c1. The molecule has 2 aromatic rings. The third-order valence-corrected chi connectivity index (χ3v) is 3.51. The maximum atomic E-state index is 13.2. The summed E-state index contributed by atoms with van der Waals surface area (Å²) < 4.78 is 26.0. The lowest BCUT2D eigenvalue weighted by molar-refractivity contribution is -0.131. The average Bonchev–Trinajstić information content (AvgIpc) is 2.49. The molecule has 0 aromatic heterocycles. The highest BCUT2D eigenvalue weighted by Gasteiger charge is 2.12. The van der Waals surface area contributed by atoms with Gasteiger partial charge in [0, 0.05) is 20.1 Å². The Morgan fingerprint density at radius 2 is 1.61 bits per heavy atom. The molecular formula is C18H20F2N2O. The van der Waals surface area contributed by atoms with Crippen molar-refractivity contribution >= 4 is 5.91 Å². The normalized spacial score (nSPS) is 10.8. The minimum atomic E-state index is -0.294. The van der Waals surface area contributed by atoms with Crippen molar-refractivity contribution in [2.24, 2.45) is 0 Å². The first-order chi connectivity index (χ1) is 10.9. The van der Waals surface area contributed by atoms with Gasteiger partial charge in [-0.1, -0.05) is 24.3 Å². The monoisotopic (exact) mass is 318 g/mol. The van der Waals surface area contributed by atoms with Gasteiger partial charge in [-0.25, -0.2) is 8.78 Å². The Morgan fingerprint density at radius 3 is 2.26 bits per heavy atom. The lowest BCUT2D eigenvalue weighted by atomic mass is 10.2. The van der Waals surface area contributed by atoms with Gasteiger partial charge >= 0.3 is 0 Å². The summed E-state index contributed by atoms with van der Waals surface area (Å²) in [6, 6.07) is 12.4. The molecule has 5 heteroatoms. The first-order valence-electron chi connectivity index (χ1n) is 7.35. The smallest absolute Gasteiger partial charge is 0.236 e. The van der Waals surface area contributed by atoms with Crippen LogP contribution < -0.4 is 0 Å². The number of nitrogens with zero attached hydrogens (tertiary/aromatic N) is 2. The van der Waals surface area contributed by atoms with Gasteiger partial charge in [0.15, 0.2) is 0 Å². The van der Waals surface area contributed by atoms with Crippen LogP contribution in [0.25, 0.3) is 0 Å². The molecule has 0 atom stereocenters. The number of hydrogen-bond acceptors (Lipinski definition) is 2. The van der Waals surface area contributed by atoms with E-state index in [4.69, 9.17) is 0 Å². The number of rotatable bonds is 6. The van der Waals surface area contributed by atoms with Crippen molar-refractivity contribution < 1.29 is 13.6 Å². The fraction of sp³-hybridized carbons (Fsp3) is 0.278. The Balaban J connectivity index is 1.86. The second kappa shape index (κ2) is 7.83. The van der Waals surface area contributed by atoms with Crippen LogP contribution >= 0.6 is 0 Å². The maximum Gasteiger partial charge on any atom is 0.236 e. The van der Waals surface area contributed by atoms with Gasteiger partial charge in [0.2, 0.25) is 5.91 Å². The molecule has 0 aliphatic carbocycles. The number of halogens is 2. The van der Waals surface area contributed by atoms with E-state index in [1.807, 2.05) is 18.0 Å². The lowest BCUT2D eigenvalue weighted by Crippen LogP contribution is -2.36. The van der Waals surface area contributed by atoms with Gasteiger partial charge in [-0.2, -0.15) is 0 Å². The molecule has 0 unspecified atom stereocenters. The number of hydrogen-bond donors (Lipinski definition) is 0. The summed E-state index contributed by atoms with van der Waals surface area (Å²) in [6.45, 7) is 1.15. The van der Waals surface area contributed by atoms with Crippen LogP contribution in [0.2, 0.25) is 0 Å². The number of likely N-dealkylation sites (N-methyl/N-ethyl adjacent to an activating group) is 2. The Kier molecular flexibility index (Phi) is 5.82. The molecule has 3 nitrogen and oxygen atoms in total. The van der Waals surface area contributed by atoms with Gasteiger partial charge in [-0.15, -0.1) is 0 Å². The Hall–Kier alpha value is -2.27. The van der Waals surface area contributed by atoms with E-state index in [0.717, 1.165) is 11.1 Å². The van der Waals surface area contributed by atoms with Crippen LogP contribution in [-0.2, 0) is 17.9 Å². The Morgan fingerprint density at radius 1 is 0.913 bits per heavy atom. The summed E-state index contributed by atoms with van der Waals surface area (Å²) in [5, 5.41) is 0. The molecule has 1 amide bonds. The average molecular weight is 318 g/mol. The van der Waals surface area contributed by atoms with E-state index in [9.17, 15) is 13.6 Å². The number of carbonyl (C=O) groups excluding carboxylic acids is 1. The molecule has 122 valence electrons. The first kappa shape index (κ1) is 17.1. The van der Waals surface area contributed by atoms with Gasteiger partial charge in [-0.05, 0) is 42.4 Å². The molecule has 0 radical (unpaired) electrons. The Labute approximate surface area is 135 Å². The molecule has 23 heavy (non-hydrogen) atoms. The minimum Gasteiger partial charge on any atom is -0.340 e. The molecule has 0 heterocycles. The predicted octanol–water partition coefficient (Wildman–Crippen LogP) is 3.06. The van der Waals surface area contributed by atoms with Crippen molar-refractivity contribution in [3.05, 3.63) is 71.3 Å². The molecule has 2 aromatic carbocycles. The van der Waals surface area contributed by atoms with Crippen LogP contribution in [-0.4, -0.2) is 36.3 Å². The van der Waals surface area contributed by atoms with E-state index in [1.54, 1.807) is 30.1 Å². The van der Waals surface area contributed by atoms with Crippen molar-refractivity contribution in [1.29, 1.82) is 0 Å². The minimum absolute atomic E-state index is 0.0479. The summed E-state index contributed by atoms with van der Waals surface area (Å²) in [4.78, 5) is 15.6. The van der Waals surface area contributed by atoms with Crippen molar-refractivity contribution in [2.75, 3.05) is 20.6 Å². The second-order valence-electron chi connectivity index (χ2n) is 5.68. The van der Waals surface area contributed by atoms with E-state index >= 15 is 0 Å². The van der Waals surface area contributed by atoms with E-state index in [0.29, 0.717) is 13.1 Å². The summed E-state index contributed by atoms with van der Waals surface area (Å²) >= 11 is 0. The van der Waals surface area contributed by atoms with Crippen LogP contribution in [0.4, 0.5) is 8.78 Å². The van der Waals surface area contributed by atoms with Crippen molar-refractivity contribution in [3.8, 4) is 0 Å². The van der Waals surface area contributed by atoms with Gasteiger partial charge in [0.1, 0.15) is 11.6 Å². The topological polar surface area (TPSA) is 23.6 Å².